The Morgan fingerprint density at radius 1 is 0.360 bits per heavy atom. The Morgan fingerprint density at radius 3 is 1.68 bits per heavy atom. The Kier molecular flexibility index (Phi) is 5.17. The quantitative estimate of drug-likeness (QED) is 0.167. The summed E-state index contributed by atoms with van der Waals surface area (Å²) < 4.78 is 0. The van der Waals surface area contributed by atoms with Crippen LogP contribution in [0.25, 0.3) is 115 Å². The highest BCUT2D eigenvalue weighted by atomic mass is 14.3. The molecule has 230 valence electrons. The predicted molar refractivity (Wildman–Crippen MR) is 215 cm³/mol. The van der Waals surface area contributed by atoms with Crippen molar-refractivity contribution in [3.8, 4) is 55.6 Å². The Balaban J connectivity index is 1.27. The largest absolute Gasteiger partial charge is 0.0842 e. The van der Waals surface area contributed by atoms with E-state index in [1.807, 2.05) is 0 Å². The molecule has 0 saturated heterocycles. The lowest BCUT2D eigenvalue weighted by Gasteiger charge is -2.24. The number of fused-ring (bicyclic) bond motifs is 11. The predicted octanol–water partition coefficient (Wildman–Crippen LogP) is 14.1. The summed E-state index contributed by atoms with van der Waals surface area (Å²) >= 11 is 0. The van der Waals surface area contributed by atoms with Crippen molar-refractivity contribution in [2.75, 3.05) is 0 Å². The summed E-state index contributed by atoms with van der Waals surface area (Å²) in [7, 11) is 0. The maximum atomic E-state index is 2.48. The Morgan fingerprint density at radius 2 is 0.980 bits per heavy atom. The van der Waals surface area contributed by atoms with Crippen molar-refractivity contribution < 1.29 is 0 Å². The number of allylic oxidation sites excluding steroid dienone is 4. The molecule has 9 aromatic carbocycles. The van der Waals surface area contributed by atoms with Gasteiger partial charge in [-0.05, 0) is 146 Å². The molecule has 0 heteroatoms. The molecule has 50 heavy (non-hydrogen) atoms. The molecular weight excluding hydrogens is 601 g/mol. The van der Waals surface area contributed by atoms with Crippen molar-refractivity contribution >= 4 is 59.4 Å². The molecule has 0 aromatic heterocycles. The molecule has 0 N–H and O–H groups in total. The number of rotatable bonds is 2. The molecule has 0 fully saturated rings. The first-order chi connectivity index (χ1) is 24.8. The van der Waals surface area contributed by atoms with Gasteiger partial charge in [-0.1, -0.05) is 146 Å². The van der Waals surface area contributed by atoms with Gasteiger partial charge in [0.25, 0.3) is 0 Å². The minimum absolute atomic E-state index is 1.04. The Hall–Kier alpha value is -6.24. The van der Waals surface area contributed by atoms with Gasteiger partial charge in [-0.2, -0.15) is 0 Å². The third-order valence-corrected chi connectivity index (χ3v) is 11.8. The third-order valence-electron chi connectivity index (χ3n) is 11.8. The standard InChI is InChI=1S/C50H30/c1-3-11-31(12-4-1)46-40-26-25-34-37(24-23-33-27-42-35-19-7-15-29-16-8-20-36(44(29)35)43(42)28-41(33)34)48(40)47(32-13-5-2-6-14-32)50-39-22-10-18-30-17-9-21-38(45(30)39)49(46)50/h1-3,5-11,13-28H,4,12H2. The summed E-state index contributed by atoms with van der Waals surface area (Å²) in [5, 5.41) is 13.3. The maximum absolute atomic E-state index is 2.48. The molecule has 0 spiro atoms. The molecular formula is C50H30. The van der Waals surface area contributed by atoms with Crippen molar-refractivity contribution in [2.24, 2.45) is 0 Å². The maximum Gasteiger partial charge on any atom is -0.000731 e. The van der Waals surface area contributed by atoms with Crippen LogP contribution in [0.3, 0.4) is 0 Å². The molecule has 3 aliphatic carbocycles. The topological polar surface area (TPSA) is 0 Å². The van der Waals surface area contributed by atoms with Crippen LogP contribution < -0.4 is 0 Å². The molecule has 0 radical (unpaired) electrons. The van der Waals surface area contributed by atoms with E-state index in [0.717, 1.165) is 12.8 Å². The Bertz CT molecular complexity index is 3050. The van der Waals surface area contributed by atoms with Gasteiger partial charge in [0, 0.05) is 0 Å². The zero-order valence-corrected chi connectivity index (χ0v) is 27.4. The highest BCUT2D eigenvalue weighted by Crippen LogP contribution is 2.58. The molecule has 0 aliphatic heterocycles. The highest BCUT2D eigenvalue weighted by Gasteiger charge is 2.32. The summed E-state index contributed by atoms with van der Waals surface area (Å²) in [6.45, 7) is 0. The van der Waals surface area contributed by atoms with Gasteiger partial charge in [-0.15, -0.1) is 0 Å². The van der Waals surface area contributed by atoms with Crippen LogP contribution in [0.4, 0.5) is 0 Å². The van der Waals surface area contributed by atoms with Gasteiger partial charge >= 0.3 is 0 Å². The first-order valence-electron chi connectivity index (χ1n) is 17.8. The summed E-state index contributed by atoms with van der Waals surface area (Å²) in [6, 6.07) is 53.0. The van der Waals surface area contributed by atoms with E-state index in [4.69, 9.17) is 0 Å². The molecule has 9 aromatic rings. The SMILES string of the molecule is C1=CCCC(c2c3c(c(-c4ccccc4)c4c2ccc2c5cc6c(cc5ccc24)-c2cccc4cccc-6c24)-c2cccc4cccc-3c24)=C1. The number of benzene rings is 9. The Labute approximate surface area is 290 Å². The van der Waals surface area contributed by atoms with Crippen LogP contribution in [0, 0.1) is 0 Å². The van der Waals surface area contributed by atoms with Crippen molar-refractivity contribution in [1.29, 1.82) is 0 Å². The van der Waals surface area contributed by atoms with Gasteiger partial charge in [0.15, 0.2) is 0 Å². The van der Waals surface area contributed by atoms with Gasteiger partial charge in [0.2, 0.25) is 0 Å². The molecule has 0 unspecified atom stereocenters. The van der Waals surface area contributed by atoms with E-state index in [2.05, 4.69) is 158 Å². The van der Waals surface area contributed by atoms with E-state index in [9.17, 15) is 0 Å². The van der Waals surface area contributed by atoms with Crippen LogP contribution in [0.2, 0.25) is 0 Å². The average Bonchev–Trinajstić information content (AvgIpc) is 3.68. The highest BCUT2D eigenvalue weighted by molar-refractivity contribution is 6.31. The third kappa shape index (κ3) is 3.36. The normalized spacial score (nSPS) is 13.9. The fourth-order valence-corrected chi connectivity index (χ4v) is 9.75. The van der Waals surface area contributed by atoms with Crippen molar-refractivity contribution in [3.63, 3.8) is 0 Å². The van der Waals surface area contributed by atoms with E-state index in [1.165, 1.54) is 121 Å². The molecule has 0 nitrogen and oxygen atoms in total. The summed E-state index contributed by atoms with van der Waals surface area (Å²) in [5.41, 5.74) is 16.3. The smallest absolute Gasteiger partial charge is 0.000731 e. The van der Waals surface area contributed by atoms with E-state index in [-0.39, 0.29) is 0 Å². The summed E-state index contributed by atoms with van der Waals surface area (Å²) in [4.78, 5) is 0. The molecule has 0 saturated carbocycles. The van der Waals surface area contributed by atoms with Crippen LogP contribution in [0.5, 0.6) is 0 Å². The second-order valence-electron chi connectivity index (χ2n) is 14.2. The average molecular weight is 631 g/mol. The van der Waals surface area contributed by atoms with Crippen molar-refractivity contribution in [1.82, 2.24) is 0 Å². The second kappa shape index (κ2) is 9.68. The minimum atomic E-state index is 1.04. The van der Waals surface area contributed by atoms with Gasteiger partial charge in [-0.25, -0.2) is 0 Å². The first-order valence-corrected chi connectivity index (χ1v) is 17.8. The van der Waals surface area contributed by atoms with Crippen LogP contribution in [0.1, 0.15) is 18.4 Å². The molecule has 0 bridgehead atoms. The van der Waals surface area contributed by atoms with E-state index < -0.39 is 0 Å². The molecule has 0 heterocycles. The summed E-state index contributed by atoms with van der Waals surface area (Å²) in [6.07, 6.45) is 9.05. The van der Waals surface area contributed by atoms with Crippen LogP contribution >= 0.6 is 0 Å². The van der Waals surface area contributed by atoms with E-state index >= 15 is 0 Å². The summed E-state index contributed by atoms with van der Waals surface area (Å²) in [5.74, 6) is 0. The molecule has 3 aliphatic rings. The molecule has 12 rings (SSSR count). The van der Waals surface area contributed by atoms with Gasteiger partial charge < -0.3 is 0 Å². The van der Waals surface area contributed by atoms with Crippen LogP contribution in [0.15, 0.2) is 158 Å². The minimum Gasteiger partial charge on any atom is -0.0842 e. The zero-order chi connectivity index (χ0) is 32.5. The number of hydrogen-bond acceptors (Lipinski definition) is 0. The van der Waals surface area contributed by atoms with E-state index in [0.29, 0.717) is 0 Å². The van der Waals surface area contributed by atoms with E-state index in [1.54, 1.807) is 0 Å². The van der Waals surface area contributed by atoms with Crippen LogP contribution in [-0.4, -0.2) is 0 Å². The lowest BCUT2D eigenvalue weighted by molar-refractivity contribution is 1.06. The zero-order valence-electron chi connectivity index (χ0n) is 27.4. The monoisotopic (exact) mass is 630 g/mol. The lowest BCUT2D eigenvalue weighted by atomic mass is 9.79. The molecule has 0 atom stereocenters. The van der Waals surface area contributed by atoms with Gasteiger partial charge in [0.05, 0.1) is 0 Å². The van der Waals surface area contributed by atoms with Crippen LogP contribution in [-0.2, 0) is 0 Å². The van der Waals surface area contributed by atoms with Gasteiger partial charge in [-0.3, -0.25) is 0 Å². The number of hydrogen-bond donors (Lipinski definition) is 0. The lowest BCUT2D eigenvalue weighted by Crippen LogP contribution is -1.98. The van der Waals surface area contributed by atoms with Crippen molar-refractivity contribution in [2.45, 2.75) is 12.8 Å². The second-order valence-corrected chi connectivity index (χ2v) is 14.2. The first kappa shape index (κ1) is 26.7. The fraction of sp³-hybridized carbons (Fsp3) is 0.0400. The van der Waals surface area contributed by atoms with Gasteiger partial charge in [0.1, 0.15) is 0 Å². The van der Waals surface area contributed by atoms with Crippen molar-refractivity contribution in [3.05, 3.63) is 163 Å². The molecule has 0 amide bonds. The fourth-order valence-electron chi connectivity index (χ4n) is 9.75.